The Morgan fingerprint density at radius 1 is 1.09 bits per heavy atom. The Hall–Kier alpha value is -2.28. The summed E-state index contributed by atoms with van der Waals surface area (Å²) < 4.78 is 84.7. The van der Waals surface area contributed by atoms with Crippen LogP contribution in [0.25, 0.3) is 4.85 Å². The average molecular weight is 461 g/mol. The number of benzene rings is 1. The lowest BCUT2D eigenvalue weighted by Gasteiger charge is -2.34. The third kappa shape index (κ3) is 5.94. The Labute approximate surface area is 182 Å². The molecule has 0 saturated heterocycles. The van der Waals surface area contributed by atoms with Crippen LogP contribution in [0.5, 0.6) is 0 Å². The number of amides is 1. The quantitative estimate of drug-likeness (QED) is 0.396. The van der Waals surface area contributed by atoms with Crippen LogP contribution in [0.2, 0.25) is 0 Å². The molecule has 0 radical (unpaired) electrons. The zero-order valence-corrected chi connectivity index (χ0v) is 17.3. The molecule has 2 N–H and O–H groups in total. The molecule has 2 aliphatic carbocycles. The standard InChI is InChI=1S/C22H25F6N3O/c1-29-20(11-12-20)31-19(32)17(13-21(24,25)15-5-3-2-4-6-15)30-18(22(26,27)28)14-7-9-16(23)10-8-14/h7-10,15,17-18,30H,2-6,11-13H2,(H,31,32)/t17-,18-/m0/s1. The maximum atomic E-state index is 15.0. The van der Waals surface area contributed by atoms with Gasteiger partial charge in [-0.2, -0.15) is 13.2 Å². The number of rotatable bonds is 8. The van der Waals surface area contributed by atoms with Crippen LogP contribution in [0, 0.1) is 18.3 Å². The van der Waals surface area contributed by atoms with E-state index in [4.69, 9.17) is 6.57 Å². The normalized spacial score (nSPS) is 20.8. The number of halogens is 6. The summed E-state index contributed by atoms with van der Waals surface area (Å²) in [6.45, 7) is 7.16. The van der Waals surface area contributed by atoms with Gasteiger partial charge < -0.3 is 0 Å². The Kier molecular flexibility index (Phi) is 7.08. The van der Waals surface area contributed by atoms with E-state index in [-0.39, 0.29) is 12.8 Å². The Bertz CT molecular complexity index is 839. The van der Waals surface area contributed by atoms with Crippen molar-refractivity contribution >= 4 is 5.91 Å². The summed E-state index contributed by atoms with van der Waals surface area (Å²) in [5.74, 6) is -6.19. The molecule has 0 heterocycles. The van der Waals surface area contributed by atoms with Crippen molar-refractivity contribution in [3.8, 4) is 0 Å². The van der Waals surface area contributed by atoms with Gasteiger partial charge in [-0.15, -0.1) is 0 Å². The van der Waals surface area contributed by atoms with Crippen molar-refractivity contribution in [2.24, 2.45) is 5.92 Å². The van der Waals surface area contributed by atoms with E-state index in [9.17, 15) is 22.4 Å². The predicted molar refractivity (Wildman–Crippen MR) is 105 cm³/mol. The zero-order valence-electron chi connectivity index (χ0n) is 17.3. The predicted octanol–water partition coefficient (Wildman–Crippen LogP) is 5.52. The van der Waals surface area contributed by atoms with Crippen molar-refractivity contribution in [3.63, 3.8) is 0 Å². The molecular formula is C22H25F6N3O. The summed E-state index contributed by atoms with van der Waals surface area (Å²) in [6, 6.07) is -0.877. The molecule has 2 atom stereocenters. The number of nitrogens with one attached hydrogen (secondary N) is 2. The zero-order chi connectivity index (χ0) is 23.6. The molecular weight excluding hydrogens is 436 g/mol. The molecule has 0 aliphatic heterocycles. The summed E-state index contributed by atoms with van der Waals surface area (Å²) in [5, 5.41) is 4.40. The Balaban J connectivity index is 1.86. The number of hydrogen-bond donors (Lipinski definition) is 2. The van der Waals surface area contributed by atoms with Crippen LogP contribution in [-0.4, -0.2) is 29.7 Å². The van der Waals surface area contributed by atoms with Gasteiger partial charge in [0.1, 0.15) is 11.9 Å². The highest BCUT2D eigenvalue weighted by atomic mass is 19.4. The number of hydrogen-bond acceptors (Lipinski definition) is 2. The minimum absolute atomic E-state index is 0.244. The largest absolute Gasteiger partial charge is 0.407 e. The highest BCUT2D eigenvalue weighted by Crippen LogP contribution is 2.42. The summed E-state index contributed by atoms with van der Waals surface area (Å²) in [5.41, 5.74) is -1.63. The number of alkyl halides is 5. The highest BCUT2D eigenvalue weighted by Gasteiger charge is 2.54. The minimum Gasteiger partial charge on any atom is -0.291 e. The second kappa shape index (κ2) is 9.30. The Morgan fingerprint density at radius 3 is 2.19 bits per heavy atom. The van der Waals surface area contributed by atoms with E-state index in [2.05, 4.69) is 15.5 Å². The van der Waals surface area contributed by atoms with Gasteiger partial charge in [0.05, 0.1) is 18.9 Å². The monoisotopic (exact) mass is 461 g/mol. The van der Waals surface area contributed by atoms with Gasteiger partial charge in [0, 0.05) is 12.3 Å². The fourth-order valence-corrected chi connectivity index (χ4v) is 4.13. The first-order valence-electron chi connectivity index (χ1n) is 10.6. The second-order valence-corrected chi connectivity index (χ2v) is 8.68. The molecule has 2 saturated carbocycles. The molecule has 0 aromatic heterocycles. The summed E-state index contributed by atoms with van der Waals surface area (Å²) >= 11 is 0. The van der Waals surface area contributed by atoms with E-state index >= 15 is 8.78 Å². The molecule has 0 unspecified atom stereocenters. The molecule has 32 heavy (non-hydrogen) atoms. The molecule has 3 rings (SSSR count). The van der Waals surface area contributed by atoms with Gasteiger partial charge in [0.2, 0.25) is 5.91 Å². The van der Waals surface area contributed by atoms with E-state index in [1.807, 2.05) is 0 Å². The van der Waals surface area contributed by atoms with Crippen LogP contribution in [0.1, 0.15) is 63.0 Å². The number of carbonyl (C=O) groups excluding carboxylic acids is 1. The van der Waals surface area contributed by atoms with Gasteiger partial charge in [-0.05, 0) is 30.5 Å². The van der Waals surface area contributed by atoms with Crippen LogP contribution in [-0.2, 0) is 4.79 Å². The molecule has 2 aliphatic rings. The van der Waals surface area contributed by atoms with E-state index in [1.165, 1.54) is 0 Å². The third-order valence-corrected chi connectivity index (χ3v) is 6.19. The summed E-state index contributed by atoms with van der Waals surface area (Å²) in [7, 11) is 0. The fraction of sp³-hybridized carbons (Fsp3) is 0.636. The molecule has 1 amide bonds. The van der Waals surface area contributed by atoms with Crippen molar-refractivity contribution in [3.05, 3.63) is 47.1 Å². The fourth-order valence-electron chi connectivity index (χ4n) is 4.13. The van der Waals surface area contributed by atoms with E-state index in [0.717, 1.165) is 30.7 Å². The molecule has 176 valence electrons. The summed E-state index contributed by atoms with van der Waals surface area (Å²) in [6.07, 6.45) is -2.90. The van der Waals surface area contributed by atoms with Crippen LogP contribution in [0.3, 0.4) is 0 Å². The average Bonchev–Trinajstić information content (AvgIpc) is 3.51. The first-order valence-corrected chi connectivity index (χ1v) is 10.6. The van der Waals surface area contributed by atoms with E-state index < -0.39 is 59.5 Å². The SMILES string of the molecule is [C-]#[N+]C1(NC(=O)[C@H](CC(F)(F)C2CCCCC2)N[C@@H](c2ccc(F)cc2)C(F)(F)F)CC1. The molecule has 2 fully saturated rings. The molecule has 10 heteroatoms. The maximum Gasteiger partial charge on any atom is 0.407 e. The maximum absolute atomic E-state index is 15.0. The van der Waals surface area contributed by atoms with Crippen molar-refractivity contribution in [1.29, 1.82) is 0 Å². The topological polar surface area (TPSA) is 45.5 Å². The lowest BCUT2D eigenvalue weighted by atomic mass is 9.82. The molecule has 1 aromatic rings. The van der Waals surface area contributed by atoms with Crippen molar-refractivity contribution in [2.75, 3.05) is 0 Å². The van der Waals surface area contributed by atoms with Gasteiger partial charge in [-0.25, -0.2) is 19.7 Å². The molecule has 0 bridgehead atoms. The van der Waals surface area contributed by atoms with Gasteiger partial charge in [-0.1, -0.05) is 31.4 Å². The van der Waals surface area contributed by atoms with Gasteiger partial charge in [0.25, 0.3) is 5.92 Å². The first-order chi connectivity index (χ1) is 15.0. The van der Waals surface area contributed by atoms with Gasteiger partial charge in [-0.3, -0.25) is 20.3 Å². The molecule has 0 spiro atoms. The van der Waals surface area contributed by atoms with Crippen LogP contribution in [0.4, 0.5) is 26.3 Å². The van der Waals surface area contributed by atoms with E-state index in [0.29, 0.717) is 25.7 Å². The third-order valence-electron chi connectivity index (χ3n) is 6.19. The van der Waals surface area contributed by atoms with Gasteiger partial charge >= 0.3 is 11.8 Å². The smallest absolute Gasteiger partial charge is 0.291 e. The highest BCUT2D eigenvalue weighted by molar-refractivity contribution is 5.83. The molecule has 4 nitrogen and oxygen atoms in total. The van der Waals surface area contributed by atoms with Crippen molar-refractivity contribution < 1.29 is 31.1 Å². The van der Waals surface area contributed by atoms with Crippen molar-refractivity contribution in [2.45, 2.75) is 81.2 Å². The first kappa shape index (κ1) is 24.4. The summed E-state index contributed by atoms with van der Waals surface area (Å²) in [4.78, 5) is 16.1. The van der Waals surface area contributed by atoms with Gasteiger partial charge in [0.15, 0.2) is 0 Å². The van der Waals surface area contributed by atoms with Crippen molar-refractivity contribution in [1.82, 2.24) is 10.6 Å². The second-order valence-electron chi connectivity index (χ2n) is 8.68. The minimum atomic E-state index is -4.92. The molecule has 1 aromatic carbocycles. The van der Waals surface area contributed by atoms with Crippen LogP contribution >= 0.6 is 0 Å². The lowest BCUT2D eigenvalue weighted by molar-refractivity contribution is -0.164. The lowest BCUT2D eigenvalue weighted by Crippen LogP contribution is -2.54. The number of carbonyl (C=O) groups is 1. The van der Waals surface area contributed by atoms with E-state index in [1.54, 1.807) is 0 Å². The van der Waals surface area contributed by atoms with Crippen LogP contribution in [0.15, 0.2) is 24.3 Å². The van der Waals surface area contributed by atoms with Crippen LogP contribution < -0.4 is 10.6 Å². The Morgan fingerprint density at radius 2 is 1.69 bits per heavy atom. The number of nitrogens with zero attached hydrogens (tertiary/aromatic N) is 1.